The second kappa shape index (κ2) is 5.87. The van der Waals surface area contributed by atoms with Crippen LogP contribution in [0.2, 0.25) is 0 Å². The van der Waals surface area contributed by atoms with Crippen molar-refractivity contribution in [2.75, 3.05) is 6.54 Å². The molecule has 0 saturated carbocycles. The van der Waals surface area contributed by atoms with Crippen LogP contribution in [-0.4, -0.2) is 37.1 Å². The summed E-state index contributed by atoms with van der Waals surface area (Å²) in [6, 6.07) is 3.88. The van der Waals surface area contributed by atoms with Crippen molar-refractivity contribution in [3.05, 3.63) is 29.8 Å². The molecule has 22 heavy (non-hydrogen) atoms. The summed E-state index contributed by atoms with van der Waals surface area (Å²) in [7, 11) is 1.90. The second-order valence-electron chi connectivity index (χ2n) is 5.82. The monoisotopic (exact) mass is 299 g/mol. The van der Waals surface area contributed by atoms with Gasteiger partial charge < -0.3 is 4.90 Å². The van der Waals surface area contributed by atoms with Gasteiger partial charge >= 0.3 is 0 Å². The van der Waals surface area contributed by atoms with Gasteiger partial charge in [-0.1, -0.05) is 0 Å². The molecule has 1 atom stereocenters. The molecule has 3 rings (SSSR count). The molecule has 1 amide bonds. The van der Waals surface area contributed by atoms with E-state index in [-0.39, 0.29) is 11.9 Å². The van der Waals surface area contributed by atoms with Crippen LogP contribution in [-0.2, 0) is 11.8 Å². The minimum absolute atomic E-state index is 0.0156. The maximum atomic E-state index is 11.9. The van der Waals surface area contributed by atoms with Gasteiger partial charge in [0.15, 0.2) is 5.82 Å². The Morgan fingerprint density at radius 2 is 2.14 bits per heavy atom. The van der Waals surface area contributed by atoms with E-state index in [4.69, 9.17) is 4.98 Å². The van der Waals surface area contributed by atoms with Gasteiger partial charge in [0.05, 0.1) is 17.4 Å². The average Bonchev–Trinajstić information content (AvgIpc) is 2.92. The summed E-state index contributed by atoms with van der Waals surface area (Å²) in [4.78, 5) is 23.1. The fourth-order valence-corrected chi connectivity index (χ4v) is 3.07. The normalized spacial score (nSPS) is 18.5. The molecule has 2 aromatic heterocycles. The Bertz CT molecular complexity index is 694. The molecule has 6 heteroatoms. The zero-order valence-electron chi connectivity index (χ0n) is 13.3. The van der Waals surface area contributed by atoms with Gasteiger partial charge in [-0.15, -0.1) is 0 Å². The van der Waals surface area contributed by atoms with Crippen molar-refractivity contribution in [3.63, 3.8) is 0 Å². The van der Waals surface area contributed by atoms with Crippen molar-refractivity contribution in [2.24, 2.45) is 7.05 Å². The van der Waals surface area contributed by atoms with Gasteiger partial charge in [0, 0.05) is 32.4 Å². The lowest BCUT2D eigenvalue weighted by Gasteiger charge is -2.34. The average molecular weight is 299 g/mol. The van der Waals surface area contributed by atoms with Gasteiger partial charge in [-0.05, 0) is 38.3 Å². The van der Waals surface area contributed by atoms with E-state index in [2.05, 4.69) is 10.1 Å². The maximum absolute atomic E-state index is 11.9. The Hall–Kier alpha value is -2.24. The SMILES string of the molecule is CC(=O)N1CCCCC1c1nc(C)cc(-c2ccnn2C)n1. The van der Waals surface area contributed by atoms with Gasteiger partial charge in [0.25, 0.3) is 0 Å². The number of aryl methyl sites for hydroxylation is 2. The lowest BCUT2D eigenvalue weighted by molar-refractivity contribution is -0.132. The third-order valence-electron chi connectivity index (χ3n) is 4.16. The van der Waals surface area contributed by atoms with E-state index >= 15 is 0 Å². The largest absolute Gasteiger partial charge is 0.333 e. The van der Waals surface area contributed by atoms with Crippen LogP contribution in [0.4, 0.5) is 0 Å². The summed E-state index contributed by atoms with van der Waals surface area (Å²) in [5.74, 6) is 0.836. The molecule has 1 aliphatic rings. The molecular weight excluding hydrogens is 278 g/mol. The van der Waals surface area contributed by atoms with E-state index in [1.165, 1.54) is 0 Å². The number of aromatic nitrogens is 4. The molecular formula is C16H21N5O. The predicted octanol–water partition coefficient (Wildman–Crippen LogP) is 2.26. The topological polar surface area (TPSA) is 63.9 Å². The van der Waals surface area contributed by atoms with E-state index in [1.807, 2.05) is 31.0 Å². The summed E-state index contributed by atoms with van der Waals surface area (Å²) in [5.41, 5.74) is 2.73. The summed E-state index contributed by atoms with van der Waals surface area (Å²) in [5, 5.41) is 4.20. The van der Waals surface area contributed by atoms with Crippen LogP contribution in [0.3, 0.4) is 0 Å². The van der Waals surface area contributed by atoms with Crippen molar-refractivity contribution >= 4 is 5.91 Å². The molecule has 2 aromatic rings. The molecule has 0 bridgehead atoms. The smallest absolute Gasteiger partial charge is 0.220 e. The van der Waals surface area contributed by atoms with E-state index in [0.29, 0.717) is 0 Å². The van der Waals surface area contributed by atoms with Gasteiger partial charge in [-0.25, -0.2) is 9.97 Å². The van der Waals surface area contributed by atoms with Crippen LogP contribution in [0.15, 0.2) is 18.3 Å². The van der Waals surface area contributed by atoms with E-state index in [0.717, 1.165) is 48.7 Å². The van der Waals surface area contributed by atoms with E-state index < -0.39 is 0 Å². The van der Waals surface area contributed by atoms with Gasteiger partial charge in [-0.3, -0.25) is 9.48 Å². The minimum atomic E-state index is -0.0156. The van der Waals surface area contributed by atoms with Gasteiger partial charge in [-0.2, -0.15) is 5.10 Å². The zero-order chi connectivity index (χ0) is 15.7. The van der Waals surface area contributed by atoms with Gasteiger partial charge in [0.2, 0.25) is 5.91 Å². The first-order valence-corrected chi connectivity index (χ1v) is 7.67. The number of carbonyl (C=O) groups is 1. The summed E-state index contributed by atoms with van der Waals surface area (Å²) in [6.45, 7) is 4.38. The second-order valence-corrected chi connectivity index (χ2v) is 5.82. The molecule has 0 aliphatic carbocycles. The van der Waals surface area contributed by atoms with E-state index in [1.54, 1.807) is 17.8 Å². The highest BCUT2D eigenvalue weighted by Gasteiger charge is 2.28. The predicted molar refractivity (Wildman–Crippen MR) is 83.0 cm³/mol. The molecule has 1 aliphatic heterocycles. The molecule has 3 heterocycles. The molecule has 116 valence electrons. The molecule has 6 nitrogen and oxygen atoms in total. The Morgan fingerprint density at radius 3 is 2.82 bits per heavy atom. The number of hydrogen-bond acceptors (Lipinski definition) is 4. The lowest BCUT2D eigenvalue weighted by Crippen LogP contribution is -2.37. The van der Waals surface area contributed by atoms with Crippen molar-refractivity contribution in [3.8, 4) is 11.4 Å². The Balaban J connectivity index is 2.02. The van der Waals surface area contributed by atoms with Crippen LogP contribution in [0.1, 0.15) is 43.7 Å². The number of hydrogen-bond donors (Lipinski definition) is 0. The lowest BCUT2D eigenvalue weighted by atomic mass is 10.0. The highest BCUT2D eigenvalue weighted by Crippen LogP contribution is 2.30. The number of piperidine rings is 1. The summed E-state index contributed by atoms with van der Waals surface area (Å²) in [6.07, 6.45) is 4.84. The minimum Gasteiger partial charge on any atom is -0.333 e. The fraction of sp³-hybridized carbons (Fsp3) is 0.500. The summed E-state index contributed by atoms with van der Waals surface area (Å²) >= 11 is 0. The molecule has 1 fully saturated rings. The standard InChI is InChI=1S/C16H21N5O/c1-11-10-13(14-7-8-17-20(14)3)19-16(18-11)15-6-4-5-9-21(15)12(2)22/h7-8,10,15H,4-6,9H2,1-3H3. The van der Waals surface area contributed by atoms with Crippen LogP contribution >= 0.6 is 0 Å². The fourth-order valence-electron chi connectivity index (χ4n) is 3.07. The highest BCUT2D eigenvalue weighted by molar-refractivity contribution is 5.73. The first kappa shape index (κ1) is 14.7. The Morgan fingerprint density at radius 1 is 1.32 bits per heavy atom. The Kier molecular flexibility index (Phi) is 3.92. The number of amides is 1. The van der Waals surface area contributed by atoms with Crippen molar-refractivity contribution in [1.82, 2.24) is 24.6 Å². The van der Waals surface area contributed by atoms with Gasteiger partial charge in [0.1, 0.15) is 0 Å². The van der Waals surface area contributed by atoms with Crippen LogP contribution < -0.4 is 0 Å². The van der Waals surface area contributed by atoms with E-state index in [9.17, 15) is 4.79 Å². The third kappa shape index (κ3) is 2.73. The molecule has 0 radical (unpaired) electrons. The quantitative estimate of drug-likeness (QED) is 0.853. The van der Waals surface area contributed by atoms with Crippen molar-refractivity contribution in [1.29, 1.82) is 0 Å². The number of nitrogens with zero attached hydrogens (tertiary/aromatic N) is 5. The third-order valence-corrected chi connectivity index (χ3v) is 4.16. The highest BCUT2D eigenvalue weighted by atomic mass is 16.2. The maximum Gasteiger partial charge on any atom is 0.220 e. The molecule has 0 aromatic carbocycles. The van der Waals surface area contributed by atoms with Crippen LogP contribution in [0.5, 0.6) is 0 Å². The summed E-state index contributed by atoms with van der Waals surface area (Å²) < 4.78 is 1.80. The first-order valence-electron chi connectivity index (χ1n) is 7.67. The molecule has 0 spiro atoms. The van der Waals surface area contributed by atoms with Crippen molar-refractivity contribution < 1.29 is 4.79 Å². The number of likely N-dealkylation sites (tertiary alicyclic amines) is 1. The Labute approximate surface area is 130 Å². The zero-order valence-corrected chi connectivity index (χ0v) is 13.3. The first-order chi connectivity index (χ1) is 10.6. The molecule has 0 N–H and O–H groups in total. The molecule has 1 unspecified atom stereocenters. The van der Waals surface area contributed by atoms with Crippen LogP contribution in [0, 0.1) is 6.92 Å². The molecule has 1 saturated heterocycles. The van der Waals surface area contributed by atoms with Crippen molar-refractivity contribution in [2.45, 2.75) is 39.2 Å². The van der Waals surface area contributed by atoms with Crippen LogP contribution in [0.25, 0.3) is 11.4 Å². The number of carbonyl (C=O) groups excluding carboxylic acids is 1. The number of rotatable bonds is 2.